The standard InChI is InChI=1S/C20H15NO4/c1-2-10-4-3-5-15-13(10)9-16(23)18(21-15)17-19(24)12-7-6-11(22)8-14(12)20(17)25/h3-9,17,22-23H,2H2,1H3. The molecule has 25 heavy (non-hydrogen) atoms. The van der Waals surface area contributed by atoms with Crippen molar-refractivity contribution >= 4 is 22.5 Å². The van der Waals surface area contributed by atoms with Crippen LogP contribution in [0.3, 0.4) is 0 Å². The number of nitrogens with zero attached hydrogens (tertiary/aromatic N) is 1. The lowest BCUT2D eigenvalue weighted by Crippen LogP contribution is -2.15. The van der Waals surface area contributed by atoms with Crippen molar-refractivity contribution in [1.82, 2.24) is 4.98 Å². The molecule has 124 valence electrons. The minimum absolute atomic E-state index is 0.0615. The topological polar surface area (TPSA) is 87.5 Å². The van der Waals surface area contributed by atoms with Gasteiger partial charge in [-0.15, -0.1) is 0 Å². The van der Waals surface area contributed by atoms with E-state index in [-0.39, 0.29) is 28.3 Å². The van der Waals surface area contributed by atoms with Crippen molar-refractivity contribution < 1.29 is 19.8 Å². The predicted molar refractivity (Wildman–Crippen MR) is 92.3 cm³/mol. The SMILES string of the molecule is CCc1cccc2nc(C3C(=O)c4ccc(O)cc4C3=O)c(O)cc12. The Hall–Kier alpha value is -3.21. The number of ketones is 2. The van der Waals surface area contributed by atoms with E-state index in [4.69, 9.17) is 0 Å². The van der Waals surface area contributed by atoms with Crippen LogP contribution in [0.2, 0.25) is 0 Å². The fourth-order valence-corrected chi connectivity index (χ4v) is 3.41. The van der Waals surface area contributed by atoms with Gasteiger partial charge in [0.25, 0.3) is 0 Å². The molecule has 0 amide bonds. The summed E-state index contributed by atoms with van der Waals surface area (Å²) in [5.74, 6) is -2.29. The van der Waals surface area contributed by atoms with E-state index in [9.17, 15) is 19.8 Å². The molecule has 1 aromatic heterocycles. The third-order valence-electron chi connectivity index (χ3n) is 4.67. The predicted octanol–water partition coefficient (Wildman–Crippen LogP) is 3.37. The van der Waals surface area contributed by atoms with Gasteiger partial charge in [0, 0.05) is 16.5 Å². The van der Waals surface area contributed by atoms with Crippen LogP contribution in [0.25, 0.3) is 10.9 Å². The second kappa shape index (κ2) is 5.41. The molecule has 0 bridgehead atoms. The minimum atomic E-state index is -1.17. The highest BCUT2D eigenvalue weighted by Crippen LogP contribution is 2.39. The smallest absolute Gasteiger partial charge is 0.180 e. The van der Waals surface area contributed by atoms with Gasteiger partial charge in [0.05, 0.1) is 5.52 Å². The molecule has 0 fully saturated rings. The third-order valence-corrected chi connectivity index (χ3v) is 4.67. The quantitative estimate of drug-likeness (QED) is 0.702. The van der Waals surface area contributed by atoms with Crippen LogP contribution in [0.1, 0.15) is 44.8 Å². The zero-order chi connectivity index (χ0) is 17.7. The Bertz CT molecular complexity index is 1050. The molecule has 5 nitrogen and oxygen atoms in total. The van der Waals surface area contributed by atoms with E-state index in [2.05, 4.69) is 4.98 Å². The lowest BCUT2D eigenvalue weighted by molar-refractivity contribution is 0.0886. The highest BCUT2D eigenvalue weighted by Gasteiger charge is 2.42. The van der Waals surface area contributed by atoms with Gasteiger partial charge in [-0.25, -0.2) is 4.98 Å². The number of aromatic hydroxyl groups is 2. The van der Waals surface area contributed by atoms with E-state index in [1.54, 1.807) is 12.1 Å². The Morgan fingerprint density at radius 3 is 2.52 bits per heavy atom. The van der Waals surface area contributed by atoms with Crippen LogP contribution in [0.4, 0.5) is 0 Å². The number of fused-ring (bicyclic) bond motifs is 2. The fourth-order valence-electron chi connectivity index (χ4n) is 3.41. The molecule has 2 N–H and O–H groups in total. The Labute approximate surface area is 143 Å². The van der Waals surface area contributed by atoms with Crippen molar-refractivity contribution in [1.29, 1.82) is 0 Å². The van der Waals surface area contributed by atoms with Crippen molar-refractivity contribution in [2.24, 2.45) is 0 Å². The number of hydrogen-bond donors (Lipinski definition) is 2. The van der Waals surface area contributed by atoms with Crippen molar-refractivity contribution in [3.63, 3.8) is 0 Å². The van der Waals surface area contributed by atoms with E-state index >= 15 is 0 Å². The number of carbonyl (C=O) groups excluding carboxylic acids is 2. The average molecular weight is 333 g/mol. The van der Waals surface area contributed by atoms with Gasteiger partial charge in [0.1, 0.15) is 23.1 Å². The Morgan fingerprint density at radius 2 is 1.76 bits per heavy atom. The molecule has 0 saturated carbocycles. The Balaban J connectivity index is 1.90. The first-order valence-corrected chi connectivity index (χ1v) is 8.04. The molecule has 1 unspecified atom stereocenters. The lowest BCUT2D eigenvalue weighted by Gasteiger charge is -2.12. The van der Waals surface area contributed by atoms with Gasteiger partial charge in [-0.2, -0.15) is 0 Å². The fraction of sp³-hybridized carbons (Fsp3) is 0.150. The van der Waals surface area contributed by atoms with Crippen LogP contribution in [-0.4, -0.2) is 26.8 Å². The molecular formula is C20H15NO4. The number of aryl methyl sites for hydroxylation is 1. The molecule has 4 rings (SSSR count). The Morgan fingerprint density at radius 1 is 1.00 bits per heavy atom. The number of pyridine rings is 1. The largest absolute Gasteiger partial charge is 0.508 e. The minimum Gasteiger partial charge on any atom is -0.508 e. The van der Waals surface area contributed by atoms with Crippen LogP contribution < -0.4 is 0 Å². The molecule has 1 atom stereocenters. The summed E-state index contributed by atoms with van der Waals surface area (Å²) < 4.78 is 0. The summed E-state index contributed by atoms with van der Waals surface area (Å²) in [6.07, 6.45) is 0.782. The summed E-state index contributed by atoms with van der Waals surface area (Å²) in [6, 6.07) is 11.3. The summed E-state index contributed by atoms with van der Waals surface area (Å²) in [5, 5.41) is 20.8. The van der Waals surface area contributed by atoms with Crippen molar-refractivity contribution in [2.75, 3.05) is 0 Å². The summed E-state index contributed by atoms with van der Waals surface area (Å²) in [6.45, 7) is 2.01. The molecule has 1 heterocycles. The number of hydrogen-bond acceptors (Lipinski definition) is 5. The first-order chi connectivity index (χ1) is 12.0. The number of benzene rings is 2. The maximum atomic E-state index is 12.7. The maximum absolute atomic E-state index is 12.7. The van der Waals surface area contributed by atoms with E-state index < -0.39 is 17.5 Å². The summed E-state index contributed by atoms with van der Waals surface area (Å²) in [7, 11) is 0. The van der Waals surface area contributed by atoms with Crippen LogP contribution in [0, 0.1) is 0 Å². The van der Waals surface area contributed by atoms with E-state index in [1.807, 2.05) is 19.1 Å². The first-order valence-electron chi connectivity index (χ1n) is 8.04. The number of aromatic nitrogens is 1. The normalized spacial score (nSPS) is 16.4. The average Bonchev–Trinajstić information content (AvgIpc) is 2.84. The van der Waals surface area contributed by atoms with E-state index in [0.717, 1.165) is 17.4 Å². The van der Waals surface area contributed by atoms with Gasteiger partial charge in [-0.3, -0.25) is 9.59 Å². The molecular weight excluding hydrogens is 318 g/mol. The van der Waals surface area contributed by atoms with E-state index in [0.29, 0.717) is 5.52 Å². The first kappa shape index (κ1) is 15.3. The summed E-state index contributed by atoms with van der Waals surface area (Å²) in [5.41, 5.74) is 2.14. The van der Waals surface area contributed by atoms with Crippen LogP contribution >= 0.6 is 0 Å². The number of rotatable bonds is 2. The monoisotopic (exact) mass is 333 g/mol. The van der Waals surface area contributed by atoms with Crippen LogP contribution in [0.5, 0.6) is 11.5 Å². The molecule has 1 aliphatic rings. The molecule has 0 aliphatic heterocycles. The molecule has 0 spiro atoms. The van der Waals surface area contributed by atoms with Crippen LogP contribution in [-0.2, 0) is 6.42 Å². The highest BCUT2D eigenvalue weighted by molar-refractivity contribution is 6.30. The number of phenolic OH excluding ortho intramolecular Hbond substituents is 1. The number of carbonyl (C=O) groups is 2. The third kappa shape index (κ3) is 2.20. The van der Waals surface area contributed by atoms with Gasteiger partial charge >= 0.3 is 0 Å². The summed E-state index contributed by atoms with van der Waals surface area (Å²) in [4.78, 5) is 29.8. The maximum Gasteiger partial charge on any atom is 0.180 e. The molecule has 0 saturated heterocycles. The molecule has 5 heteroatoms. The molecule has 0 radical (unpaired) electrons. The molecule has 2 aromatic carbocycles. The van der Waals surface area contributed by atoms with Crippen LogP contribution in [0.15, 0.2) is 42.5 Å². The number of phenols is 1. The molecule has 1 aliphatic carbocycles. The summed E-state index contributed by atoms with van der Waals surface area (Å²) >= 11 is 0. The van der Waals surface area contributed by atoms with Gasteiger partial charge in [0.2, 0.25) is 0 Å². The van der Waals surface area contributed by atoms with Gasteiger partial charge in [-0.1, -0.05) is 19.1 Å². The highest BCUT2D eigenvalue weighted by atomic mass is 16.3. The zero-order valence-corrected chi connectivity index (χ0v) is 13.5. The van der Waals surface area contributed by atoms with Gasteiger partial charge in [0.15, 0.2) is 11.6 Å². The second-order valence-corrected chi connectivity index (χ2v) is 6.12. The van der Waals surface area contributed by atoms with Crippen molar-refractivity contribution in [2.45, 2.75) is 19.3 Å². The Kier molecular flexibility index (Phi) is 3.32. The second-order valence-electron chi connectivity index (χ2n) is 6.12. The van der Waals surface area contributed by atoms with Crippen molar-refractivity contribution in [3.05, 3.63) is 64.8 Å². The van der Waals surface area contributed by atoms with Gasteiger partial charge in [-0.05, 0) is 42.3 Å². The molecule has 3 aromatic rings. The van der Waals surface area contributed by atoms with Gasteiger partial charge < -0.3 is 10.2 Å². The number of Topliss-reactive ketones (excluding diaryl/α,β-unsaturated/α-hetero) is 2. The zero-order valence-electron chi connectivity index (χ0n) is 13.5. The van der Waals surface area contributed by atoms with E-state index in [1.165, 1.54) is 18.2 Å². The lowest BCUT2D eigenvalue weighted by atomic mass is 9.96. The van der Waals surface area contributed by atoms with Crippen molar-refractivity contribution in [3.8, 4) is 11.5 Å².